The molecule has 0 bridgehead atoms. The van der Waals surface area contributed by atoms with Gasteiger partial charge in [0.1, 0.15) is 44.1 Å². The molecule has 0 atom stereocenters. The number of aryl methyl sites for hydroxylation is 1. The fraction of sp³-hybridized carbons (Fsp3) is 0.239. The van der Waals surface area contributed by atoms with E-state index >= 15 is 0 Å². The minimum Gasteiger partial charge on any atom is -0.495 e. The predicted octanol–water partition coefficient (Wildman–Crippen LogP) is 8.45. The lowest BCUT2D eigenvalue weighted by atomic mass is 10.0. The van der Waals surface area contributed by atoms with Gasteiger partial charge in [0.25, 0.3) is 50.6 Å². The van der Waals surface area contributed by atoms with Crippen molar-refractivity contribution in [3.05, 3.63) is 82.4 Å². The number of thiazole rings is 1. The molecule has 0 aliphatic carbocycles. The summed E-state index contributed by atoms with van der Waals surface area (Å²) in [7, 11) is -22.4. The smallest absolute Gasteiger partial charge is 0.298 e. The number of aromatic hydroxyl groups is 1. The number of fused-ring (bicyclic) bond motifs is 6. The Morgan fingerprint density at radius 2 is 1.33 bits per heavy atom. The van der Waals surface area contributed by atoms with E-state index in [1.165, 1.54) is 37.3 Å². The molecule has 0 saturated heterocycles. The van der Waals surface area contributed by atoms with Crippen molar-refractivity contribution in [2.75, 3.05) is 31.0 Å². The Morgan fingerprint density at radius 3 is 1.95 bits per heavy atom. The van der Waals surface area contributed by atoms with Gasteiger partial charge in [-0.15, -0.1) is 37.3 Å². The number of imidazole rings is 1. The van der Waals surface area contributed by atoms with Crippen LogP contribution >= 0.6 is 23.1 Å². The van der Waals surface area contributed by atoms with Crippen LogP contribution in [0.3, 0.4) is 0 Å². The summed E-state index contributed by atoms with van der Waals surface area (Å²) in [6.45, 7) is 1.11. The first kappa shape index (κ1) is 61.8. The van der Waals surface area contributed by atoms with Crippen LogP contribution in [0, 0.1) is 25.2 Å². The summed E-state index contributed by atoms with van der Waals surface area (Å²) >= 11 is 1.69. The Kier molecular flexibility index (Phi) is 17.7. The van der Waals surface area contributed by atoms with E-state index < -0.39 is 95.9 Å². The second-order valence-electron chi connectivity index (χ2n) is 17.6. The minimum atomic E-state index is -5.03. The van der Waals surface area contributed by atoms with Crippen LogP contribution in [-0.2, 0) is 63.8 Å². The zero-order valence-corrected chi connectivity index (χ0v) is 48.4. The van der Waals surface area contributed by atoms with Gasteiger partial charge in [0.15, 0.2) is 11.3 Å². The van der Waals surface area contributed by atoms with Crippen LogP contribution in [0.15, 0.2) is 105 Å². The molecule has 8 aromatic rings. The van der Waals surface area contributed by atoms with Crippen LogP contribution in [-0.4, -0.2) is 126 Å². The van der Waals surface area contributed by atoms with Crippen molar-refractivity contribution in [1.82, 2.24) is 14.4 Å². The second kappa shape index (κ2) is 23.8. The first-order chi connectivity index (χ1) is 38.8. The fourth-order valence-electron chi connectivity index (χ4n) is 8.19. The molecule has 3 heterocycles. The number of aromatic nitrogens is 3. The predicted molar refractivity (Wildman–Crippen MR) is 297 cm³/mol. The van der Waals surface area contributed by atoms with Gasteiger partial charge in [-0.1, -0.05) is 11.3 Å². The third-order valence-corrected chi connectivity index (χ3v) is 18.3. The highest BCUT2D eigenvalue weighted by molar-refractivity contribution is 7.99. The maximum absolute atomic E-state index is 12.6. The Morgan fingerprint density at radius 1 is 0.675 bits per heavy atom. The van der Waals surface area contributed by atoms with Crippen molar-refractivity contribution in [3.63, 3.8) is 0 Å². The molecule has 5 aromatic carbocycles. The topological polar surface area (TPSA) is 479 Å². The normalized spacial score (nSPS) is 13.0. The van der Waals surface area contributed by atoms with Crippen LogP contribution in [0.4, 0.5) is 33.6 Å². The van der Waals surface area contributed by atoms with Crippen molar-refractivity contribution >= 4 is 145 Å². The Bertz CT molecular complexity index is 4740. The standard InChI is InChI=1S/C46H42N10O20S7/c1-22-10-33(52-54-41-23(2)29(19-47)44-48-32-16-37(75-3)39(82(69,70)71)18-35(32)56(44)45(41)59)36(76-6-4-8-79(60,61)62)15-30(22)50-53-34-12-25(21-58)31(17-38(34)77-7-5-9-80(63,64)65)51-55-46-49-42-40(83(72,73)74)14-27-24(20-57)11-26(81(66,67)68)13-28(27)43(42)78-46/h10-18,57-59H,4-9,20-21H2,1-3H3,(H,60,61,62)(H,63,64,65)(H,66,67,68)(H,69,70,71)(H,72,73,74). The Hall–Kier alpha value is -7.29. The lowest BCUT2D eigenvalue weighted by Gasteiger charge is -2.12. The number of benzene rings is 5. The zero-order chi connectivity index (χ0) is 60.7. The second-order valence-corrected chi connectivity index (χ2v) is 27.1. The van der Waals surface area contributed by atoms with E-state index in [0.717, 1.165) is 47.5 Å². The number of nitriles is 1. The Labute approximate surface area is 478 Å². The van der Waals surface area contributed by atoms with Gasteiger partial charge in [0.05, 0.1) is 76.1 Å². The molecule has 438 valence electrons. The number of aliphatic hydroxyl groups is 2. The molecule has 0 unspecified atom stereocenters. The molecular formula is C46H42N10O20S7. The van der Waals surface area contributed by atoms with Crippen LogP contribution in [0.5, 0.6) is 17.4 Å². The van der Waals surface area contributed by atoms with Crippen molar-refractivity contribution < 1.29 is 89.6 Å². The maximum Gasteiger partial charge on any atom is 0.298 e. The summed E-state index contributed by atoms with van der Waals surface area (Å²) in [6, 6.07) is 12.5. The van der Waals surface area contributed by atoms with Gasteiger partial charge >= 0.3 is 0 Å². The molecule has 0 amide bonds. The average Bonchev–Trinajstić information content (AvgIpc) is 1.97. The molecule has 0 radical (unpaired) electrons. The largest absolute Gasteiger partial charge is 0.495 e. The number of azo groups is 3. The molecule has 0 saturated carbocycles. The van der Waals surface area contributed by atoms with E-state index in [9.17, 15) is 85.4 Å². The number of thioether (sulfide) groups is 1. The number of hydrogen-bond donors (Lipinski definition) is 8. The lowest BCUT2D eigenvalue weighted by Crippen LogP contribution is -2.08. The molecule has 0 aliphatic heterocycles. The summed E-state index contributed by atoms with van der Waals surface area (Å²) in [5.74, 6) is -2.37. The summed E-state index contributed by atoms with van der Waals surface area (Å²) in [5, 5.41) is 68.0. The zero-order valence-electron chi connectivity index (χ0n) is 42.7. The van der Waals surface area contributed by atoms with Crippen molar-refractivity contribution in [2.45, 2.75) is 59.5 Å². The van der Waals surface area contributed by atoms with Gasteiger partial charge in [0.2, 0.25) is 11.0 Å². The van der Waals surface area contributed by atoms with Crippen molar-refractivity contribution in [3.8, 4) is 23.4 Å². The highest BCUT2D eigenvalue weighted by Gasteiger charge is 2.27. The minimum absolute atomic E-state index is 0.00161. The molecule has 3 aromatic heterocycles. The molecule has 8 rings (SSSR count). The molecular weight excluding hydrogens is 1240 g/mol. The van der Waals surface area contributed by atoms with Crippen LogP contribution in [0.1, 0.15) is 40.7 Å². The number of ether oxygens (including phenoxy) is 2. The van der Waals surface area contributed by atoms with Gasteiger partial charge in [-0.05, 0) is 91.4 Å². The molecule has 30 nitrogen and oxygen atoms in total. The fourth-order valence-corrected chi connectivity index (χ4v) is 13.2. The summed E-state index contributed by atoms with van der Waals surface area (Å²) in [5.41, 5.74) is -0.645. The van der Waals surface area contributed by atoms with E-state index in [2.05, 4.69) is 40.7 Å². The third kappa shape index (κ3) is 13.7. The van der Waals surface area contributed by atoms with Gasteiger partial charge in [-0.3, -0.25) is 27.2 Å². The van der Waals surface area contributed by atoms with E-state index in [-0.39, 0.29) is 135 Å². The lowest BCUT2D eigenvalue weighted by molar-refractivity contribution is 0.282. The van der Waals surface area contributed by atoms with Crippen LogP contribution in [0.2, 0.25) is 0 Å². The van der Waals surface area contributed by atoms with Gasteiger partial charge in [0, 0.05) is 33.5 Å². The van der Waals surface area contributed by atoms with Gasteiger partial charge < -0.3 is 24.8 Å². The molecule has 0 fully saturated rings. The maximum atomic E-state index is 12.6. The Balaban J connectivity index is 1.21. The molecule has 0 aliphatic rings. The van der Waals surface area contributed by atoms with Crippen LogP contribution < -0.4 is 9.47 Å². The van der Waals surface area contributed by atoms with Gasteiger partial charge in [-0.2, -0.15) is 52.5 Å². The average molecular weight is 1280 g/mol. The molecule has 8 N–H and O–H groups in total. The van der Waals surface area contributed by atoms with Gasteiger partial charge in [-0.25, -0.2) is 9.97 Å². The van der Waals surface area contributed by atoms with Crippen molar-refractivity contribution in [1.29, 1.82) is 5.26 Å². The first-order valence-electron chi connectivity index (χ1n) is 23.3. The summed E-state index contributed by atoms with van der Waals surface area (Å²) in [4.78, 5) is 6.77. The SMILES string of the molecule is COc1cc2nc3c(C#N)c(C)c(N=Nc4cc(C)c(N=Nc5cc(CO)c(N=Nc6nc7c(S(=O)(=O)O)cc8c(CO)cc(S(=O)(=O)O)cc8c7s6)cc5SCCCS(=O)(=O)O)cc4OCCCS(=O)(=O)O)c(O)n3c2cc1S(=O)(=O)O. The van der Waals surface area contributed by atoms with E-state index in [4.69, 9.17) is 9.47 Å². The number of pyridine rings is 1. The summed E-state index contributed by atoms with van der Waals surface area (Å²) in [6.07, 6.45) is -0.311. The molecule has 83 heavy (non-hydrogen) atoms. The molecule has 0 spiro atoms. The highest BCUT2D eigenvalue weighted by atomic mass is 32.2. The number of nitrogens with zero attached hydrogens (tertiary/aromatic N) is 10. The van der Waals surface area contributed by atoms with E-state index in [0.29, 0.717) is 16.9 Å². The molecule has 37 heteroatoms. The van der Waals surface area contributed by atoms with E-state index in [1.54, 1.807) is 6.92 Å². The van der Waals surface area contributed by atoms with Crippen molar-refractivity contribution in [2.24, 2.45) is 30.7 Å². The highest BCUT2D eigenvalue weighted by Crippen LogP contribution is 2.45. The number of aliphatic hydroxyl groups excluding tert-OH is 2. The quantitative estimate of drug-likeness (QED) is 0.0136. The van der Waals surface area contributed by atoms with E-state index in [1.807, 2.05) is 6.07 Å². The number of hydrogen-bond acceptors (Lipinski definition) is 26. The summed E-state index contributed by atoms with van der Waals surface area (Å²) < 4.78 is 181. The number of methoxy groups -OCH3 is 1. The number of rotatable bonds is 22. The monoisotopic (exact) mass is 1280 g/mol. The third-order valence-electron chi connectivity index (χ3n) is 12.0. The first-order valence-corrected chi connectivity index (χ1v) is 32.6. The van der Waals surface area contributed by atoms with Crippen LogP contribution in [0.25, 0.3) is 37.7 Å².